The molecule has 1 aromatic carbocycles. The van der Waals surface area contributed by atoms with E-state index < -0.39 is 0 Å². The predicted molar refractivity (Wildman–Crippen MR) is 77.5 cm³/mol. The maximum atomic E-state index is 14.1. The average molecular weight is 278 g/mol. The van der Waals surface area contributed by atoms with E-state index in [1.54, 1.807) is 19.1 Å². The van der Waals surface area contributed by atoms with E-state index in [1.807, 2.05) is 6.07 Å². The number of nitrogens with two attached hydrogens (primary N) is 1. The molecular weight excluding hydrogens is 255 g/mol. The number of carbonyl (C=O) groups is 1. The third-order valence-electron chi connectivity index (χ3n) is 4.21. The van der Waals surface area contributed by atoms with Crippen LogP contribution in [0.25, 0.3) is 0 Å². The molecule has 0 heterocycles. The highest BCUT2D eigenvalue weighted by atomic mass is 19.1. The van der Waals surface area contributed by atoms with E-state index in [4.69, 9.17) is 5.73 Å². The van der Waals surface area contributed by atoms with Gasteiger partial charge in [0.25, 0.3) is 0 Å². The van der Waals surface area contributed by atoms with Gasteiger partial charge in [0, 0.05) is 18.0 Å². The Morgan fingerprint density at radius 3 is 2.65 bits per heavy atom. The zero-order chi connectivity index (χ0) is 14.5. The first kappa shape index (κ1) is 15.0. The molecule has 0 bridgehead atoms. The van der Waals surface area contributed by atoms with Crippen LogP contribution in [0, 0.1) is 17.7 Å². The van der Waals surface area contributed by atoms with E-state index in [0.717, 1.165) is 25.7 Å². The van der Waals surface area contributed by atoms with Crippen LogP contribution in [0.5, 0.6) is 0 Å². The summed E-state index contributed by atoms with van der Waals surface area (Å²) < 4.78 is 14.1. The van der Waals surface area contributed by atoms with Gasteiger partial charge in [-0.1, -0.05) is 38.0 Å². The van der Waals surface area contributed by atoms with Crippen LogP contribution in [0.2, 0.25) is 0 Å². The molecule has 1 saturated carbocycles. The Hall–Kier alpha value is -1.42. The standard InChI is InChI=1S/C16H23FN2O/c1-11(10-18)16(20)19-15(12-6-2-3-7-12)13-8-4-5-9-14(13)17/h4-5,8-9,11-12,15H,2-3,6-7,10,18H2,1H3,(H,19,20). The van der Waals surface area contributed by atoms with E-state index in [0.29, 0.717) is 18.0 Å². The van der Waals surface area contributed by atoms with E-state index in [1.165, 1.54) is 6.07 Å². The molecule has 110 valence electrons. The van der Waals surface area contributed by atoms with Crippen LogP contribution in [0.3, 0.4) is 0 Å². The summed E-state index contributed by atoms with van der Waals surface area (Å²) in [6, 6.07) is 6.48. The zero-order valence-corrected chi connectivity index (χ0v) is 11.9. The van der Waals surface area contributed by atoms with Crippen molar-refractivity contribution in [3.63, 3.8) is 0 Å². The van der Waals surface area contributed by atoms with Gasteiger partial charge in [-0.2, -0.15) is 0 Å². The normalized spacial score (nSPS) is 18.8. The zero-order valence-electron chi connectivity index (χ0n) is 11.9. The number of carbonyl (C=O) groups excluding carboxylic acids is 1. The number of nitrogens with one attached hydrogen (secondary N) is 1. The van der Waals surface area contributed by atoms with Gasteiger partial charge in [0.15, 0.2) is 0 Å². The van der Waals surface area contributed by atoms with E-state index in [2.05, 4.69) is 5.32 Å². The summed E-state index contributed by atoms with van der Waals surface area (Å²) in [5.74, 6) is -0.260. The van der Waals surface area contributed by atoms with Gasteiger partial charge in [0.2, 0.25) is 5.91 Å². The molecule has 2 rings (SSSR count). The van der Waals surface area contributed by atoms with Crippen molar-refractivity contribution in [3.05, 3.63) is 35.6 Å². The molecule has 2 atom stereocenters. The fourth-order valence-corrected chi connectivity index (χ4v) is 2.87. The van der Waals surface area contributed by atoms with Crippen LogP contribution in [0.4, 0.5) is 4.39 Å². The van der Waals surface area contributed by atoms with Crippen molar-refractivity contribution in [2.45, 2.75) is 38.6 Å². The Balaban J connectivity index is 2.21. The molecule has 1 amide bonds. The van der Waals surface area contributed by atoms with Crippen molar-refractivity contribution in [3.8, 4) is 0 Å². The summed E-state index contributed by atoms with van der Waals surface area (Å²) >= 11 is 0. The van der Waals surface area contributed by atoms with Crippen LogP contribution in [-0.2, 0) is 4.79 Å². The lowest BCUT2D eigenvalue weighted by Crippen LogP contribution is -2.38. The maximum absolute atomic E-state index is 14.1. The minimum Gasteiger partial charge on any atom is -0.349 e. The van der Waals surface area contributed by atoms with Crippen molar-refractivity contribution >= 4 is 5.91 Å². The van der Waals surface area contributed by atoms with E-state index in [9.17, 15) is 9.18 Å². The van der Waals surface area contributed by atoms with Crippen LogP contribution >= 0.6 is 0 Å². The van der Waals surface area contributed by atoms with Gasteiger partial charge >= 0.3 is 0 Å². The smallest absolute Gasteiger partial charge is 0.224 e. The molecule has 20 heavy (non-hydrogen) atoms. The molecule has 2 unspecified atom stereocenters. The lowest BCUT2D eigenvalue weighted by Gasteiger charge is -2.27. The summed E-state index contributed by atoms with van der Waals surface area (Å²) in [6.45, 7) is 2.10. The van der Waals surface area contributed by atoms with Gasteiger partial charge in [-0.15, -0.1) is 0 Å². The number of rotatable bonds is 5. The fourth-order valence-electron chi connectivity index (χ4n) is 2.87. The van der Waals surface area contributed by atoms with Crippen LogP contribution in [0.1, 0.15) is 44.2 Å². The third-order valence-corrected chi connectivity index (χ3v) is 4.21. The van der Waals surface area contributed by atoms with Crippen LogP contribution in [0.15, 0.2) is 24.3 Å². The first-order valence-electron chi connectivity index (χ1n) is 7.38. The van der Waals surface area contributed by atoms with Gasteiger partial charge < -0.3 is 11.1 Å². The van der Waals surface area contributed by atoms with Gasteiger partial charge in [-0.25, -0.2) is 4.39 Å². The topological polar surface area (TPSA) is 55.1 Å². The highest BCUT2D eigenvalue weighted by Crippen LogP contribution is 2.36. The number of amides is 1. The highest BCUT2D eigenvalue weighted by Gasteiger charge is 2.30. The molecule has 1 aromatic rings. The van der Waals surface area contributed by atoms with Gasteiger partial charge in [0.1, 0.15) is 5.82 Å². The minimum atomic E-state index is -0.245. The molecule has 0 aliphatic heterocycles. The van der Waals surface area contributed by atoms with Crippen molar-refractivity contribution < 1.29 is 9.18 Å². The molecule has 1 aliphatic carbocycles. The molecule has 3 nitrogen and oxygen atoms in total. The molecule has 0 radical (unpaired) electrons. The monoisotopic (exact) mass is 278 g/mol. The molecule has 1 aliphatic rings. The van der Waals surface area contributed by atoms with Crippen molar-refractivity contribution in [2.24, 2.45) is 17.6 Å². The molecule has 1 fully saturated rings. The number of hydrogen-bond donors (Lipinski definition) is 2. The number of halogens is 1. The van der Waals surface area contributed by atoms with Crippen molar-refractivity contribution in [2.75, 3.05) is 6.54 Å². The van der Waals surface area contributed by atoms with Crippen molar-refractivity contribution in [1.82, 2.24) is 5.32 Å². The first-order chi connectivity index (χ1) is 9.63. The molecule has 3 N–H and O–H groups in total. The van der Waals surface area contributed by atoms with E-state index >= 15 is 0 Å². The minimum absolute atomic E-state index is 0.0901. The number of hydrogen-bond acceptors (Lipinski definition) is 2. The maximum Gasteiger partial charge on any atom is 0.224 e. The SMILES string of the molecule is CC(CN)C(=O)NC(c1ccccc1F)C1CCCC1. The Bertz CT molecular complexity index is 458. The lowest BCUT2D eigenvalue weighted by atomic mass is 9.90. The third kappa shape index (κ3) is 3.37. The molecule has 0 saturated heterocycles. The van der Waals surface area contributed by atoms with Gasteiger partial charge in [-0.05, 0) is 24.8 Å². The Kier molecular flexibility index (Phi) is 5.12. The lowest BCUT2D eigenvalue weighted by molar-refractivity contribution is -0.125. The van der Waals surface area contributed by atoms with Crippen LogP contribution < -0.4 is 11.1 Å². The quantitative estimate of drug-likeness (QED) is 0.870. The fraction of sp³-hybridized carbons (Fsp3) is 0.562. The summed E-state index contributed by atoms with van der Waals surface area (Å²) in [5.41, 5.74) is 6.13. The largest absolute Gasteiger partial charge is 0.349 e. The Morgan fingerprint density at radius 2 is 2.05 bits per heavy atom. The molecule has 0 aromatic heterocycles. The Labute approximate surface area is 119 Å². The first-order valence-corrected chi connectivity index (χ1v) is 7.38. The summed E-state index contributed by atoms with van der Waals surface area (Å²) in [6.07, 6.45) is 4.38. The number of benzene rings is 1. The second-order valence-electron chi connectivity index (χ2n) is 5.69. The Morgan fingerprint density at radius 1 is 1.40 bits per heavy atom. The second kappa shape index (κ2) is 6.84. The summed E-state index contributed by atoms with van der Waals surface area (Å²) in [4.78, 5) is 12.1. The molecule has 0 spiro atoms. The second-order valence-corrected chi connectivity index (χ2v) is 5.69. The van der Waals surface area contributed by atoms with Crippen molar-refractivity contribution in [1.29, 1.82) is 0 Å². The molecular formula is C16H23FN2O. The van der Waals surface area contributed by atoms with Crippen LogP contribution in [-0.4, -0.2) is 12.5 Å². The van der Waals surface area contributed by atoms with Gasteiger partial charge in [0.05, 0.1) is 6.04 Å². The summed E-state index contributed by atoms with van der Waals surface area (Å²) in [7, 11) is 0. The van der Waals surface area contributed by atoms with E-state index in [-0.39, 0.29) is 23.7 Å². The highest BCUT2D eigenvalue weighted by molar-refractivity contribution is 5.79. The molecule has 4 heteroatoms. The predicted octanol–water partition coefficient (Wildman–Crippen LogP) is 2.77. The average Bonchev–Trinajstić information content (AvgIpc) is 2.98. The summed E-state index contributed by atoms with van der Waals surface area (Å²) in [5, 5.41) is 3.01. The van der Waals surface area contributed by atoms with Gasteiger partial charge in [-0.3, -0.25) is 4.79 Å².